The summed E-state index contributed by atoms with van der Waals surface area (Å²) < 4.78 is 55.6. The summed E-state index contributed by atoms with van der Waals surface area (Å²) in [6, 6.07) is 49.1. The molecule has 8 aromatic carbocycles. The van der Waals surface area contributed by atoms with Crippen LogP contribution in [0.25, 0.3) is 100 Å². The molecule has 0 spiro atoms. The fraction of sp³-hybridized carbons (Fsp3) is 0.0192. The van der Waals surface area contributed by atoms with Crippen LogP contribution in [0.2, 0.25) is 0 Å². The van der Waals surface area contributed by atoms with Gasteiger partial charge in [-0.3, -0.25) is 0 Å². The van der Waals surface area contributed by atoms with Crippen molar-refractivity contribution in [2.75, 3.05) is 0 Å². The van der Waals surface area contributed by atoms with Crippen LogP contribution in [-0.2, 0) is 0 Å². The van der Waals surface area contributed by atoms with Gasteiger partial charge in [0.1, 0.15) is 22.3 Å². The van der Waals surface area contributed by atoms with E-state index in [2.05, 4.69) is 84.9 Å². The molecule has 5 nitrogen and oxygen atoms in total. The third-order valence-corrected chi connectivity index (χ3v) is 11.1. The SMILES string of the molecule is [2H]c1c([2H])c([2H])c(-c2nc(-c3ccc4c(c3)oc3ccccc34)nc(-c3cccc4oc5ccc(-c6ccc7c(c6)C(c6ccccc6)c6ccccc6-7)cc5c34)n2)c([2H])c1[2H]. The Kier molecular flexibility index (Phi) is 5.90. The minimum atomic E-state index is -0.498. The third kappa shape index (κ3) is 5.06. The van der Waals surface area contributed by atoms with E-state index in [0.29, 0.717) is 27.9 Å². The van der Waals surface area contributed by atoms with Crippen LogP contribution in [0.4, 0.5) is 0 Å². The van der Waals surface area contributed by atoms with Crippen LogP contribution in [-0.4, -0.2) is 15.0 Å². The number of fused-ring (bicyclic) bond motifs is 9. The lowest BCUT2D eigenvalue weighted by molar-refractivity contribution is 0.668. The maximum absolute atomic E-state index is 8.85. The van der Waals surface area contributed by atoms with E-state index in [-0.39, 0.29) is 29.0 Å². The Morgan fingerprint density at radius 2 is 1.05 bits per heavy atom. The fourth-order valence-electron chi connectivity index (χ4n) is 8.55. The van der Waals surface area contributed by atoms with Gasteiger partial charge in [-0.05, 0) is 81.4 Å². The number of para-hydroxylation sites is 1. The van der Waals surface area contributed by atoms with Gasteiger partial charge < -0.3 is 8.83 Å². The molecular weight excluding hydrogens is 699 g/mol. The molecule has 0 radical (unpaired) electrons. The number of benzene rings is 8. The molecule has 11 aromatic rings. The average molecular weight is 735 g/mol. The highest BCUT2D eigenvalue weighted by Gasteiger charge is 2.30. The van der Waals surface area contributed by atoms with Crippen LogP contribution in [0.3, 0.4) is 0 Å². The van der Waals surface area contributed by atoms with Crippen molar-refractivity contribution in [2.45, 2.75) is 5.92 Å². The van der Waals surface area contributed by atoms with Gasteiger partial charge in [0, 0.05) is 44.2 Å². The molecule has 1 unspecified atom stereocenters. The minimum Gasteiger partial charge on any atom is -0.456 e. The van der Waals surface area contributed by atoms with Gasteiger partial charge in [-0.2, -0.15) is 0 Å². The fourth-order valence-corrected chi connectivity index (χ4v) is 8.55. The summed E-state index contributed by atoms with van der Waals surface area (Å²) in [6.45, 7) is 0. The predicted molar refractivity (Wildman–Crippen MR) is 229 cm³/mol. The van der Waals surface area contributed by atoms with Crippen LogP contribution in [0.15, 0.2) is 191 Å². The van der Waals surface area contributed by atoms with E-state index >= 15 is 0 Å². The standard InChI is InChI=1S/C52H31N3O2/c1-3-12-31(13-4-1)48-40-18-8-7-16-36(40)37-25-22-33(28-42(37)48)34-24-27-45-43(29-34)49-41(19-11-21-46(49)56-45)52-54-50(32-14-5-2-6-15-32)53-51(55-52)35-23-26-39-38-17-9-10-20-44(38)57-47(39)30-35/h1-30,48H/i2D,5D,6D,14D,15D. The highest BCUT2D eigenvalue weighted by atomic mass is 16.3. The Bertz CT molecular complexity index is 3640. The molecule has 3 heterocycles. The zero-order chi connectivity index (χ0) is 41.8. The normalized spacial score (nSPS) is 14.7. The van der Waals surface area contributed by atoms with Gasteiger partial charge in [0.25, 0.3) is 0 Å². The summed E-state index contributed by atoms with van der Waals surface area (Å²) >= 11 is 0. The zero-order valence-electron chi connectivity index (χ0n) is 35.2. The van der Waals surface area contributed by atoms with Gasteiger partial charge >= 0.3 is 0 Å². The van der Waals surface area contributed by atoms with Crippen molar-refractivity contribution >= 4 is 43.9 Å². The number of hydrogen-bond acceptors (Lipinski definition) is 5. The summed E-state index contributed by atoms with van der Waals surface area (Å²) in [5.41, 5.74) is 12.2. The number of rotatable bonds is 5. The Morgan fingerprint density at radius 3 is 1.96 bits per heavy atom. The second-order valence-electron chi connectivity index (χ2n) is 14.3. The lowest BCUT2D eigenvalue weighted by Gasteiger charge is -2.15. The first-order chi connectivity index (χ1) is 30.3. The molecule has 1 aliphatic rings. The van der Waals surface area contributed by atoms with E-state index in [1.807, 2.05) is 66.7 Å². The number of hydrogen-bond donors (Lipinski definition) is 0. The Labute approximate surface area is 334 Å². The van der Waals surface area contributed by atoms with Crippen molar-refractivity contribution < 1.29 is 15.7 Å². The number of aromatic nitrogens is 3. The van der Waals surface area contributed by atoms with E-state index in [1.165, 1.54) is 27.8 Å². The first-order valence-electron chi connectivity index (χ1n) is 21.3. The molecule has 1 atom stereocenters. The summed E-state index contributed by atoms with van der Waals surface area (Å²) in [4.78, 5) is 14.7. The Morgan fingerprint density at radius 1 is 0.404 bits per heavy atom. The lowest BCUT2D eigenvalue weighted by atomic mass is 9.88. The molecule has 0 saturated heterocycles. The summed E-state index contributed by atoms with van der Waals surface area (Å²) in [5, 5.41) is 3.53. The molecule has 3 aromatic heterocycles. The van der Waals surface area contributed by atoms with Gasteiger partial charge in [0.05, 0.1) is 6.85 Å². The monoisotopic (exact) mass is 734 g/mol. The van der Waals surface area contributed by atoms with Crippen molar-refractivity contribution in [3.8, 4) is 56.4 Å². The van der Waals surface area contributed by atoms with E-state index < -0.39 is 30.2 Å². The van der Waals surface area contributed by atoms with Crippen LogP contribution in [0.1, 0.15) is 29.5 Å². The first-order valence-corrected chi connectivity index (χ1v) is 18.8. The molecule has 1 aliphatic carbocycles. The topological polar surface area (TPSA) is 65.0 Å². The van der Waals surface area contributed by atoms with Crippen molar-refractivity contribution in [3.05, 3.63) is 199 Å². The molecule has 5 heteroatoms. The van der Waals surface area contributed by atoms with Gasteiger partial charge in [0.15, 0.2) is 17.5 Å². The molecule has 0 amide bonds. The van der Waals surface area contributed by atoms with E-state index in [9.17, 15) is 0 Å². The van der Waals surface area contributed by atoms with Crippen molar-refractivity contribution in [3.63, 3.8) is 0 Å². The molecule has 266 valence electrons. The smallest absolute Gasteiger partial charge is 0.164 e. The predicted octanol–water partition coefficient (Wildman–Crippen LogP) is 13.5. The molecule has 0 aliphatic heterocycles. The summed E-state index contributed by atoms with van der Waals surface area (Å²) in [6.07, 6.45) is 0. The van der Waals surface area contributed by atoms with Crippen molar-refractivity contribution in [1.82, 2.24) is 15.0 Å². The van der Waals surface area contributed by atoms with Crippen LogP contribution in [0.5, 0.6) is 0 Å². The maximum atomic E-state index is 8.85. The summed E-state index contributed by atoms with van der Waals surface area (Å²) in [7, 11) is 0. The maximum Gasteiger partial charge on any atom is 0.164 e. The Balaban J connectivity index is 1.05. The van der Waals surface area contributed by atoms with Gasteiger partial charge in [-0.15, -0.1) is 0 Å². The molecular formula is C52H31N3O2. The summed E-state index contributed by atoms with van der Waals surface area (Å²) in [5.74, 6) is 0.553. The van der Waals surface area contributed by atoms with Crippen LogP contribution >= 0.6 is 0 Å². The largest absolute Gasteiger partial charge is 0.456 e. The minimum absolute atomic E-state index is 0.0516. The number of nitrogens with zero attached hydrogens (tertiary/aromatic N) is 3. The highest BCUT2D eigenvalue weighted by Crippen LogP contribution is 2.49. The first kappa shape index (κ1) is 27.0. The van der Waals surface area contributed by atoms with Crippen LogP contribution < -0.4 is 0 Å². The van der Waals surface area contributed by atoms with E-state index in [0.717, 1.165) is 38.3 Å². The number of furan rings is 2. The second-order valence-corrected chi connectivity index (χ2v) is 14.3. The molecule has 57 heavy (non-hydrogen) atoms. The average Bonchev–Trinajstić information content (AvgIpc) is 3.99. The Hall–Kier alpha value is -7.63. The second kappa shape index (κ2) is 12.4. The van der Waals surface area contributed by atoms with Crippen molar-refractivity contribution in [1.29, 1.82) is 0 Å². The van der Waals surface area contributed by atoms with Gasteiger partial charge in [-0.1, -0.05) is 139 Å². The molecule has 0 bridgehead atoms. The highest BCUT2D eigenvalue weighted by molar-refractivity contribution is 6.13. The third-order valence-electron chi connectivity index (χ3n) is 11.1. The molecule has 0 N–H and O–H groups in total. The van der Waals surface area contributed by atoms with Gasteiger partial charge in [0.2, 0.25) is 0 Å². The lowest BCUT2D eigenvalue weighted by Crippen LogP contribution is -2.00. The molecule has 12 rings (SSSR count). The zero-order valence-corrected chi connectivity index (χ0v) is 30.2. The van der Waals surface area contributed by atoms with Crippen LogP contribution in [0, 0.1) is 0 Å². The van der Waals surface area contributed by atoms with Crippen molar-refractivity contribution in [2.24, 2.45) is 0 Å². The molecule has 0 fully saturated rings. The van der Waals surface area contributed by atoms with E-state index in [1.54, 1.807) is 0 Å². The van der Waals surface area contributed by atoms with E-state index in [4.69, 9.17) is 30.6 Å². The quantitative estimate of drug-likeness (QED) is 0.176. The van der Waals surface area contributed by atoms with Gasteiger partial charge in [-0.25, -0.2) is 15.0 Å². The molecule has 0 saturated carbocycles.